The smallest absolute Gasteiger partial charge is 0.317 e. The number of benzene rings is 1. The summed E-state index contributed by atoms with van der Waals surface area (Å²) in [4.78, 5) is 2.23. The number of imidazole rings is 1. The third-order valence-corrected chi connectivity index (χ3v) is 6.38. The lowest BCUT2D eigenvalue weighted by atomic mass is 10.1. The number of nitrogens with zero attached hydrogens (tertiary/aromatic N) is 4. The van der Waals surface area contributed by atoms with Gasteiger partial charge in [0.2, 0.25) is 0 Å². The number of anilines is 1. The van der Waals surface area contributed by atoms with Gasteiger partial charge in [-0.2, -0.15) is 0 Å². The van der Waals surface area contributed by atoms with Gasteiger partial charge in [0.1, 0.15) is 24.8 Å². The van der Waals surface area contributed by atoms with Crippen LogP contribution in [0, 0.1) is 0 Å². The molecular weight excluding hydrogens is 380 g/mol. The molecule has 0 bridgehead atoms. The fourth-order valence-corrected chi connectivity index (χ4v) is 4.44. The highest BCUT2D eigenvalue weighted by Crippen LogP contribution is 2.31. The van der Waals surface area contributed by atoms with Crippen LogP contribution in [0.15, 0.2) is 60.3 Å². The molecule has 0 saturated heterocycles. The molecule has 2 aromatic heterocycles. The van der Waals surface area contributed by atoms with Gasteiger partial charge in [0.25, 0.3) is 0 Å². The average Bonchev–Trinajstić information content (AvgIpc) is 3.05. The van der Waals surface area contributed by atoms with E-state index < -0.39 is 0 Å². The van der Waals surface area contributed by atoms with Gasteiger partial charge in [0, 0.05) is 19.2 Å². The summed E-state index contributed by atoms with van der Waals surface area (Å²) in [6.07, 6.45) is 12.8. The Balaban J connectivity index is 1.34. The molecule has 0 N–H and O–H groups in total. The van der Waals surface area contributed by atoms with Gasteiger partial charge < -0.3 is 9.64 Å². The standard InChI is InChI=1S/C23H28N4OS/c1-24-14-16-28-22-18-20(6-7-21(22)24)5-4-19-8-10-27(11-9-19)15-17-29-23-25(2)12-13-26(23)3/h4-13,18H,14-17H2,1-3H3/q+2. The number of rotatable bonds is 6. The van der Waals surface area contributed by atoms with E-state index in [1.54, 1.807) is 0 Å². The molecule has 0 amide bonds. The van der Waals surface area contributed by atoms with Gasteiger partial charge in [-0.25, -0.2) is 13.7 Å². The summed E-state index contributed by atoms with van der Waals surface area (Å²) in [5.41, 5.74) is 3.51. The average molecular weight is 409 g/mol. The van der Waals surface area contributed by atoms with Crippen LogP contribution >= 0.6 is 11.8 Å². The second kappa shape index (κ2) is 8.74. The molecule has 0 saturated carbocycles. The Morgan fingerprint density at radius 1 is 1.07 bits per heavy atom. The fourth-order valence-electron chi connectivity index (χ4n) is 3.42. The Morgan fingerprint density at radius 2 is 1.86 bits per heavy atom. The molecule has 1 aliphatic heterocycles. The molecule has 0 aliphatic carbocycles. The molecule has 0 fully saturated rings. The molecule has 6 heteroatoms. The minimum atomic E-state index is 0.746. The van der Waals surface area contributed by atoms with Crippen molar-refractivity contribution in [3.05, 3.63) is 66.2 Å². The Kier molecular flexibility index (Phi) is 5.90. The van der Waals surface area contributed by atoms with Crippen molar-refractivity contribution in [2.75, 3.05) is 30.9 Å². The minimum Gasteiger partial charge on any atom is -0.490 e. The third-order valence-electron chi connectivity index (χ3n) is 5.16. The number of aromatic nitrogens is 3. The van der Waals surface area contributed by atoms with E-state index in [0.29, 0.717) is 0 Å². The normalized spacial score (nSPS) is 13.6. The fraction of sp³-hybridized carbons (Fsp3) is 0.304. The predicted molar refractivity (Wildman–Crippen MR) is 118 cm³/mol. The summed E-state index contributed by atoms with van der Waals surface area (Å²) < 4.78 is 12.3. The summed E-state index contributed by atoms with van der Waals surface area (Å²) >= 11 is 1.87. The van der Waals surface area contributed by atoms with Crippen LogP contribution in [0.1, 0.15) is 11.1 Å². The SMILES string of the molecule is CN1CCOc2cc(C=Cc3cc[n+](CCSc4n(C)cc[n+]4C)cc3)ccc21. The number of hydrogen-bond acceptors (Lipinski definition) is 3. The molecule has 5 nitrogen and oxygen atoms in total. The van der Waals surface area contributed by atoms with Crippen molar-refractivity contribution in [3.63, 3.8) is 0 Å². The highest BCUT2D eigenvalue weighted by Gasteiger charge is 2.14. The lowest BCUT2D eigenvalue weighted by molar-refractivity contribution is -0.709. The second-order valence-electron chi connectivity index (χ2n) is 7.35. The zero-order chi connectivity index (χ0) is 20.2. The number of pyridine rings is 1. The molecule has 150 valence electrons. The summed E-state index contributed by atoms with van der Waals surface area (Å²) in [6, 6.07) is 10.7. The molecule has 3 heterocycles. The number of thioether (sulfide) groups is 1. The topological polar surface area (TPSA) is 25.2 Å². The first-order valence-electron chi connectivity index (χ1n) is 9.89. The number of hydrogen-bond donors (Lipinski definition) is 0. The van der Waals surface area contributed by atoms with Crippen molar-refractivity contribution in [3.8, 4) is 5.75 Å². The number of aryl methyl sites for hydroxylation is 3. The molecule has 0 unspecified atom stereocenters. The molecule has 0 atom stereocenters. The number of fused-ring (bicyclic) bond motifs is 1. The van der Waals surface area contributed by atoms with Crippen LogP contribution in [0.5, 0.6) is 5.75 Å². The van der Waals surface area contributed by atoms with E-state index in [-0.39, 0.29) is 0 Å². The summed E-state index contributed by atoms with van der Waals surface area (Å²) in [5, 5.41) is 1.27. The predicted octanol–water partition coefficient (Wildman–Crippen LogP) is 2.93. The lowest BCUT2D eigenvalue weighted by Crippen LogP contribution is -2.34. The van der Waals surface area contributed by atoms with Gasteiger partial charge in [-0.1, -0.05) is 18.2 Å². The molecular formula is C23H28N4OS+2. The van der Waals surface area contributed by atoms with Crippen molar-refractivity contribution in [2.45, 2.75) is 11.7 Å². The Bertz CT molecular complexity index is 991. The van der Waals surface area contributed by atoms with E-state index >= 15 is 0 Å². The Labute approximate surface area is 176 Å². The maximum atomic E-state index is 5.80. The minimum absolute atomic E-state index is 0.746. The molecule has 1 aliphatic rings. The lowest BCUT2D eigenvalue weighted by Gasteiger charge is -2.27. The maximum absolute atomic E-state index is 5.80. The third kappa shape index (κ3) is 4.65. The summed E-state index contributed by atoms with van der Waals surface area (Å²) in [6.45, 7) is 2.67. The van der Waals surface area contributed by atoms with E-state index in [2.05, 4.69) is 107 Å². The van der Waals surface area contributed by atoms with Crippen molar-refractivity contribution in [2.24, 2.45) is 14.1 Å². The molecule has 29 heavy (non-hydrogen) atoms. The van der Waals surface area contributed by atoms with Crippen LogP contribution in [-0.2, 0) is 20.6 Å². The Morgan fingerprint density at radius 3 is 2.62 bits per heavy atom. The molecule has 0 spiro atoms. The van der Waals surface area contributed by atoms with E-state index in [4.69, 9.17) is 4.74 Å². The maximum Gasteiger partial charge on any atom is 0.317 e. The van der Waals surface area contributed by atoms with Crippen LogP contribution in [-0.4, -0.2) is 30.5 Å². The van der Waals surface area contributed by atoms with Crippen molar-refractivity contribution < 1.29 is 13.9 Å². The number of ether oxygens (including phenoxy) is 1. The summed E-state index contributed by atoms with van der Waals surface area (Å²) in [5.74, 6) is 2.01. The first kappa shape index (κ1) is 19.6. The van der Waals surface area contributed by atoms with Gasteiger partial charge in [0.05, 0.1) is 32.1 Å². The molecule has 4 rings (SSSR count). The van der Waals surface area contributed by atoms with Crippen molar-refractivity contribution in [1.82, 2.24) is 4.57 Å². The highest BCUT2D eigenvalue weighted by molar-refractivity contribution is 7.99. The zero-order valence-electron chi connectivity index (χ0n) is 17.3. The van der Waals surface area contributed by atoms with Crippen LogP contribution < -0.4 is 18.8 Å². The van der Waals surface area contributed by atoms with Gasteiger partial charge in [-0.15, -0.1) is 0 Å². The molecule has 1 aromatic carbocycles. The van der Waals surface area contributed by atoms with Gasteiger partial charge >= 0.3 is 5.16 Å². The number of likely N-dealkylation sites (N-methyl/N-ethyl adjacent to an activating group) is 1. The van der Waals surface area contributed by atoms with Crippen LogP contribution in [0.2, 0.25) is 0 Å². The van der Waals surface area contributed by atoms with Crippen LogP contribution in [0.4, 0.5) is 5.69 Å². The van der Waals surface area contributed by atoms with Crippen molar-refractivity contribution in [1.29, 1.82) is 0 Å². The Hall–Kier alpha value is -2.73. The van der Waals surface area contributed by atoms with Gasteiger partial charge in [0.15, 0.2) is 18.9 Å². The highest BCUT2D eigenvalue weighted by atomic mass is 32.2. The first-order chi connectivity index (χ1) is 14.1. The van der Waals surface area contributed by atoms with Gasteiger partial charge in [-0.3, -0.25) is 0 Å². The second-order valence-corrected chi connectivity index (χ2v) is 8.41. The first-order valence-corrected chi connectivity index (χ1v) is 10.9. The zero-order valence-corrected chi connectivity index (χ0v) is 18.1. The summed E-state index contributed by atoms with van der Waals surface area (Å²) in [7, 11) is 6.28. The van der Waals surface area contributed by atoms with E-state index in [0.717, 1.165) is 42.4 Å². The van der Waals surface area contributed by atoms with Gasteiger partial charge in [-0.05, 0) is 35.0 Å². The largest absolute Gasteiger partial charge is 0.490 e. The monoisotopic (exact) mass is 408 g/mol. The van der Waals surface area contributed by atoms with E-state index in [1.165, 1.54) is 10.7 Å². The van der Waals surface area contributed by atoms with Crippen LogP contribution in [0.3, 0.4) is 0 Å². The van der Waals surface area contributed by atoms with E-state index in [1.807, 2.05) is 11.8 Å². The van der Waals surface area contributed by atoms with Crippen LogP contribution in [0.25, 0.3) is 12.2 Å². The van der Waals surface area contributed by atoms with E-state index in [9.17, 15) is 0 Å². The quantitative estimate of drug-likeness (QED) is 0.463. The molecule has 0 radical (unpaired) electrons. The molecule has 3 aromatic rings. The van der Waals surface area contributed by atoms with Crippen molar-refractivity contribution >= 4 is 29.6 Å².